The Morgan fingerprint density at radius 2 is 2.28 bits per heavy atom. The zero-order valence-corrected chi connectivity index (χ0v) is 11.3. The molecule has 0 aliphatic heterocycles. The maximum Gasteiger partial charge on any atom is 0.231 e. The topological polar surface area (TPSA) is 71.2 Å². The number of nitrogens with two attached hydrogens (primary N) is 1. The van der Waals surface area contributed by atoms with Crippen LogP contribution in [0.1, 0.15) is 26.3 Å². The lowest BCUT2D eigenvalue weighted by Crippen LogP contribution is -2.37. The number of nitrogens with zero attached hydrogens (tertiary/aromatic N) is 2. The number of hydrogen-bond donors (Lipinski definition) is 2. The molecule has 0 aliphatic carbocycles. The van der Waals surface area contributed by atoms with Gasteiger partial charge in [-0.25, -0.2) is 4.98 Å². The molecule has 100 valence electrons. The second-order valence-electron chi connectivity index (χ2n) is 4.54. The number of carbonyl (C=O) groups is 1. The van der Waals surface area contributed by atoms with Gasteiger partial charge in [-0.3, -0.25) is 9.69 Å². The number of hydrogen-bond acceptors (Lipinski definition) is 4. The molecule has 18 heavy (non-hydrogen) atoms. The summed E-state index contributed by atoms with van der Waals surface area (Å²) in [5.74, 6) is 0.558. The molecule has 1 heterocycles. The Kier molecular flexibility index (Phi) is 5.58. The van der Waals surface area contributed by atoms with E-state index >= 15 is 0 Å². The van der Waals surface area contributed by atoms with E-state index in [0.717, 1.165) is 17.9 Å². The molecule has 0 unspecified atom stereocenters. The summed E-state index contributed by atoms with van der Waals surface area (Å²) in [6, 6.07) is 4.23. The van der Waals surface area contributed by atoms with E-state index in [-0.39, 0.29) is 18.5 Å². The van der Waals surface area contributed by atoms with Crippen molar-refractivity contribution in [1.82, 2.24) is 9.88 Å². The van der Waals surface area contributed by atoms with Crippen molar-refractivity contribution in [1.29, 1.82) is 0 Å². The Balaban J connectivity index is 2.73. The predicted molar refractivity (Wildman–Crippen MR) is 73.1 cm³/mol. The van der Waals surface area contributed by atoms with Crippen LogP contribution in [0.15, 0.2) is 18.3 Å². The minimum atomic E-state index is -0.301. The van der Waals surface area contributed by atoms with Crippen LogP contribution in [0.4, 0.5) is 5.82 Å². The zero-order valence-electron chi connectivity index (χ0n) is 11.3. The van der Waals surface area contributed by atoms with E-state index in [9.17, 15) is 4.79 Å². The van der Waals surface area contributed by atoms with Crippen LogP contribution in [0.25, 0.3) is 0 Å². The molecule has 1 aromatic heterocycles. The molecule has 0 saturated carbocycles. The Bertz CT molecular complexity index is 392. The average molecular weight is 250 g/mol. The number of aromatic nitrogens is 1. The van der Waals surface area contributed by atoms with Crippen LogP contribution in [0.3, 0.4) is 0 Å². The van der Waals surface area contributed by atoms with Crippen LogP contribution in [-0.4, -0.2) is 34.9 Å². The first-order chi connectivity index (χ1) is 8.52. The molecule has 0 saturated heterocycles. The van der Waals surface area contributed by atoms with Gasteiger partial charge >= 0.3 is 0 Å². The van der Waals surface area contributed by atoms with Crippen molar-refractivity contribution in [2.24, 2.45) is 5.73 Å². The van der Waals surface area contributed by atoms with Gasteiger partial charge in [0.25, 0.3) is 0 Å². The minimum Gasteiger partial charge on any atom is -0.370 e. The summed E-state index contributed by atoms with van der Waals surface area (Å²) in [4.78, 5) is 17.3. The Morgan fingerprint density at radius 3 is 2.83 bits per heavy atom. The Hall–Kier alpha value is -1.62. The fourth-order valence-corrected chi connectivity index (χ4v) is 1.71. The molecule has 0 atom stereocenters. The number of carbonyl (C=O) groups excluding carboxylic acids is 1. The lowest BCUT2D eigenvalue weighted by atomic mass is 10.2. The molecule has 0 fully saturated rings. The highest BCUT2D eigenvalue weighted by atomic mass is 16.1. The van der Waals surface area contributed by atoms with Crippen LogP contribution in [0, 0.1) is 0 Å². The molecule has 5 heteroatoms. The molecule has 5 nitrogen and oxygen atoms in total. The van der Waals surface area contributed by atoms with Gasteiger partial charge < -0.3 is 11.1 Å². The molecule has 0 radical (unpaired) electrons. The van der Waals surface area contributed by atoms with E-state index in [1.807, 2.05) is 24.0 Å². The molecule has 1 rings (SSSR count). The SMILES string of the molecule is CCNc1cc(CN(CC(N)=O)C(C)C)ccn1. The highest BCUT2D eigenvalue weighted by Gasteiger charge is 2.12. The van der Waals surface area contributed by atoms with Crippen molar-refractivity contribution in [2.45, 2.75) is 33.4 Å². The van der Waals surface area contributed by atoms with Crippen molar-refractivity contribution in [3.8, 4) is 0 Å². The molecule has 0 aromatic carbocycles. The largest absolute Gasteiger partial charge is 0.370 e. The molecule has 1 aromatic rings. The fourth-order valence-electron chi connectivity index (χ4n) is 1.71. The monoisotopic (exact) mass is 250 g/mol. The van der Waals surface area contributed by atoms with Crippen molar-refractivity contribution >= 4 is 11.7 Å². The van der Waals surface area contributed by atoms with Gasteiger partial charge in [0.05, 0.1) is 6.54 Å². The quantitative estimate of drug-likeness (QED) is 0.763. The fraction of sp³-hybridized carbons (Fsp3) is 0.538. The van der Waals surface area contributed by atoms with Gasteiger partial charge in [-0.15, -0.1) is 0 Å². The summed E-state index contributed by atoms with van der Waals surface area (Å²) in [5.41, 5.74) is 6.38. The first-order valence-electron chi connectivity index (χ1n) is 6.24. The summed E-state index contributed by atoms with van der Waals surface area (Å²) < 4.78 is 0. The predicted octanol–water partition coefficient (Wildman–Crippen LogP) is 1.21. The third-order valence-corrected chi connectivity index (χ3v) is 2.66. The third-order valence-electron chi connectivity index (χ3n) is 2.66. The molecule has 1 amide bonds. The highest BCUT2D eigenvalue weighted by molar-refractivity contribution is 5.75. The molecule has 3 N–H and O–H groups in total. The lowest BCUT2D eigenvalue weighted by Gasteiger charge is -2.25. The van der Waals surface area contributed by atoms with Crippen molar-refractivity contribution in [3.63, 3.8) is 0 Å². The van der Waals surface area contributed by atoms with E-state index < -0.39 is 0 Å². The van der Waals surface area contributed by atoms with Gasteiger partial charge in [0.1, 0.15) is 5.82 Å². The van der Waals surface area contributed by atoms with Crippen molar-refractivity contribution in [2.75, 3.05) is 18.4 Å². The van der Waals surface area contributed by atoms with Crippen LogP contribution in [0.5, 0.6) is 0 Å². The summed E-state index contributed by atoms with van der Waals surface area (Å²) in [6.07, 6.45) is 1.77. The zero-order chi connectivity index (χ0) is 13.5. The minimum absolute atomic E-state index is 0.272. The van der Waals surface area contributed by atoms with Gasteiger partial charge in [0.15, 0.2) is 0 Å². The van der Waals surface area contributed by atoms with Crippen LogP contribution >= 0.6 is 0 Å². The van der Waals surface area contributed by atoms with E-state index in [4.69, 9.17) is 5.73 Å². The first-order valence-corrected chi connectivity index (χ1v) is 6.24. The van der Waals surface area contributed by atoms with E-state index in [0.29, 0.717) is 6.54 Å². The van der Waals surface area contributed by atoms with Gasteiger partial charge in [-0.05, 0) is 38.5 Å². The first kappa shape index (κ1) is 14.4. The average Bonchev–Trinajstić information content (AvgIpc) is 2.28. The second-order valence-corrected chi connectivity index (χ2v) is 4.54. The maximum absolute atomic E-state index is 11.0. The Labute approximate surface area is 108 Å². The summed E-state index contributed by atoms with van der Waals surface area (Å²) in [5, 5.41) is 3.17. The van der Waals surface area contributed by atoms with Crippen LogP contribution in [0.2, 0.25) is 0 Å². The van der Waals surface area contributed by atoms with E-state index in [1.54, 1.807) is 6.20 Å². The molecular weight excluding hydrogens is 228 g/mol. The standard InChI is InChI=1S/C13H22N4O/c1-4-15-13-7-11(5-6-16-13)8-17(10(2)3)9-12(14)18/h5-7,10H,4,8-9H2,1-3H3,(H2,14,18)(H,15,16). The summed E-state index contributed by atoms with van der Waals surface area (Å²) in [7, 11) is 0. The smallest absolute Gasteiger partial charge is 0.231 e. The number of primary amides is 1. The maximum atomic E-state index is 11.0. The summed E-state index contributed by atoms with van der Waals surface area (Å²) in [6.45, 7) is 7.94. The number of nitrogens with one attached hydrogen (secondary N) is 1. The van der Waals surface area contributed by atoms with Crippen molar-refractivity contribution in [3.05, 3.63) is 23.9 Å². The summed E-state index contributed by atoms with van der Waals surface area (Å²) >= 11 is 0. The lowest BCUT2D eigenvalue weighted by molar-refractivity contribution is -0.119. The number of amides is 1. The normalized spacial score (nSPS) is 10.9. The number of anilines is 1. The molecule has 0 spiro atoms. The van der Waals surface area contributed by atoms with Crippen LogP contribution in [-0.2, 0) is 11.3 Å². The second kappa shape index (κ2) is 6.96. The molecular formula is C13H22N4O. The number of pyridine rings is 1. The third kappa shape index (κ3) is 4.71. The van der Waals surface area contributed by atoms with Gasteiger partial charge in [-0.2, -0.15) is 0 Å². The molecule has 0 aliphatic rings. The van der Waals surface area contributed by atoms with Crippen LogP contribution < -0.4 is 11.1 Å². The van der Waals surface area contributed by atoms with Gasteiger partial charge in [-0.1, -0.05) is 0 Å². The highest BCUT2D eigenvalue weighted by Crippen LogP contribution is 2.11. The van der Waals surface area contributed by atoms with Gasteiger partial charge in [0, 0.05) is 25.3 Å². The molecule has 0 bridgehead atoms. The number of rotatable bonds is 7. The van der Waals surface area contributed by atoms with Gasteiger partial charge in [0.2, 0.25) is 5.91 Å². The Morgan fingerprint density at radius 1 is 1.56 bits per heavy atom. The van der Waals surface area contributed by atoms with E-state index in [2.05, 4.69) is 24.1 Å². The van der Waals surface area contributed by atoms with Crippen molar-refractivity contribution < 1.29 is 4.79 Å². The van der Waals surface area contributed by atoms with E-state index in [1.165, 1.54) is 0 Å².